The molecule has 120 valence electrons. The molecule has 0 N–H and O–H groups in total. The lowest BCUT2D eigenvalue weighted by molar-refractivity contribution is -0.116. The van der Waals surface area contributed by atoms with Crippen LogP contribution in [-0.4, -0.2) is 12.5 Å². The van der Waals surface area contributed by atoms with E-state index in [4.69, 9.17) is 0 Å². The number of hydrogen-bond acceptors (Lipinski definition) is 1. The molecule has 0 heterocycles. The smallest absolute Gasteiger partial charge is 0.223 e. The molecule has 0 aliphatic rings. The van der Waals surface area contributed by atoms with Crippen LogP contribution in [0.1, 0.15) is 53.0 Å². The standard InChI is InChI=1S/C14H18BrNO.2C2H6/c1-3-4-5-10-16(12(2)17)14-8-6-13(11-15)7-9-14;2*1-2/h3,6-9H,1,4-5,10-11H2,2H3;2*1-2H3. The van der Waals surface area contributed by atoms with Crippen LogP contribution in [0.2, 0.25) is 0 Å². The van der Waals surface area contributed by atoms with Gasteiger partial charge in [-0.15, -0.1) is 6.58 Å². The highest BCUT2D eigenvalue weighted by Crippen LogP contribution is 2.17. The van der Waals surface area contributed by atoms with E-state index in [1.54, 1.807) is 6.92 Å². The molecule has 1 rings (SSSR count). The lowest BCUT2D eigenvalue weighted by Gasteiger charge is -2.21. The van der Waals surface area contributed by atoms with E-state index in [-0.39, 0.29) is 5.91 Å². The molecule has 0 bridgehead atoms. The number of hydrogen-bond donors (Lipinski definition) is 0. The Bertz CT molecular complexity index is 373. The molecule has 0 spiro atoms. The van der Waals surface area contributed by atoms with Gasteiger partial charge in [0.1, 0.15) is 0 Å². The number of alkyl halides is 1. The predicted molar refractivity (Wildman–Crippen MR) is 99.2 cm³/mol. The highest BCUT2D eigenvalue weighted by molar-refractivity contribution is 9.08. The van der Waals surface area contributed by atoms with Crippen molar-refractivity contribution in [2.75, 3.05) is 11.4 Å². The van der Waals surface area contributed by atoms with Crippen molar-refractivity contribution in [3.8, 4) is 0 Å². The minimum Gasteiger partial charge on any atom is -0.313 e. The van der Waals surface area contributed by atoms with Gasteiger partial charge >= 0.3 is 0 Å². The summed E-state index contributed by atoms with van der Waals surface area (Å²) in [7, 11) is 0. The first-order valence-corrected chi connectivity index (χ1v) is 8.85. The third-order valence-electron chi connectivity index (χ3n) is 2.57. The molecular weight excluding hydrogens is 326 g/mol. The van der Waals surface area contributed by atoms with Gasteiger partial charge in [0.2, 0.25) is 5.91 Å². The van der Waals surface area contributed by atoms with Crippen LogP contribution in [-0.2, 0) is 10.1 Å². The van der Waals surface area contributed by atoms with Gasteiger partial charge in [-0.25, -0.2) is 0 Å². The normalized spacial score (nSPS) is 8.67. The highest BCUT2D eigenvalue weighted by Gasteiger charge is 2.10. The van der Waals surface area contributed by atoms with Crippen LogP contribution >= 0.6 is 15.9 Å². The van der Waals surface area contributed by atoms with Crippen molar-refractivity contribution in [3.05, 3.63) is 42.5 Å². The van der Waals surface area contributed by atoms with Gasteiger partial charge in [0.25, 0.3) is 0 Å². The van der Waals surface area contributed by atoms with Crippen molar-refractivity contribution in [2.24, 2.45) is 0 Å². The zero-order valence-electron chi connectivity index (χ0n) is 14.2. The summed E-state index contributed by atoms with van der Waals surface area (Å²) in [6.07, 6.45) is 3.76. The van der Waals surface area contributed by atoms with E-state index in [0.717, 1.165) is 30.4 Å². The number of halogens is 1. The molecule has 0 saturated carbocycles. The van der Waals surface area contributed by atoms with Gasteiger partial charge in [0, 0.05) is 24.5 Å². The minimum atomic E-state index is 0.0839. The molecule has 0 aliphatic heterocycles. The topological polar surface area (TPSA) is 20.3 Å². The number of amides is 1. The quantitative estimate of drug-likeness (QED) is 0.350. The summed E-state index contributed by atoms with van der Waals surface area (Å²) in [4.78, 5) is 13.4. The Morgan fingerprint density at radius 3 is 2.10 bits per heavy atom. The van der Waals surface area contributed by atoms with E-state index in [0.29, 0.717) is 0 Å². The zero-order chi connectivity index (χ0) is 16.7. The molecule has 0 fully saturated rings. The zero-order valence-corrected chi connectivity index (χ0v) is 15.7. The average molecular weight is 356 g/mol. The summed E-state index contributed by atoms with van der Waals surface area (Å²) in [5, 5.41) is 0.837. The van der Waals surface area contributed by atoms with Crippen molar-refractivity contribution in [3.63, 3.8) is 0 Å². The largest absolute Gasteiger partial charge is 0.313 e. The first-order valence-electron chi connectivity index (χ1n) is 7.73. The summed E-state index contributed by atoms with van der Waals surface area (Å²) >= 11 is 3.41. The fourth-order valence-corrected chi connectivity index (χ4v) is 2.00. The van der Waals surface area contributed by atoms with Crippen LogP contribution < -0.4 is 4.90 Å². The minimum absolute atomic E-state index is 0.0839. The van der Waals surface area contributed by atoms with Crippen LogP contribution in [0.15, 0.2) is 36.9 Å². The molecule has 1 amide bonds. The summed E-state index contributed by atoms with van der Waals surface area (Å²) in [5.74, 6) is 0.0839. The molecule has 1 aromatic carbocycles. The van der Waals surface area contributed by atoms with Gasteiger partial charge < -0.3 is 4.90 Å². The Morgan fingerprint density at radius 2 is 1.71 bits per heavy atom. The Labute approximate surface area is 139 Å². The predicted octanol–water partition coefficient (Wildman–Crippen LogP) is 5.95. The first-order chi connectivity index (χ1) is 10.2. The van der Waals surface area contributed by atoms with Gasteiger partial charge in [-0.05, 0) is 30.5 Å². The number of benzene rings is 1. The van der Waals surface area contributed by atoms with Crippen molar-refractivity contribution < 1.29 is 4.79 Å². The average Bonchev–Trinajstić information content (AvgIpc) is 2.55. The number of anilines is 1. The van der Waals surface area contributed by atoms with Crippen molar-refractivity contribution in [2.45, 2.75) is 52.8 Å². The summed E-state index contributed by atoms with van der Waals surface area (Å²) in [5.41, 5.74) is 2.18. The van der Waals surface area contributed by atoms with E-state index < -0.39 is 0 Å². The summed E-state index contributed by atoms with van der Waals surface area (Å²) < 4.78 is 0. The molecule has 3 heteroatoms. The van der Waals surface area contributed by atoms with E-state index in [1.807, 2.05) is 62.9 Å². The summed E-state index contributed by atoms with van der Waals surface area (Å²) in [6, 6.07) is 8.05. The van der Waals surface area contributed by atoms with E-state index >= 15 is 0 Å². The van der Waals surface area contributed by atoms with Crippen LogP contribution in [0, 0.1) is 0 Å². The molecule has 21 heavy (non-hydrogen) atoms. The first kappa shape index (κ1) is 22.2. The molecule has 0 unspecified atom stereocenters. The number of unbranched alkanes of at least 4 members (excludes halogenated alkanes) is 1. The Hall–Kier alpha value is -1.09. The van der Waals surface area contributed by atoms with Gasteiger partial charge in [0.05, 0.1) is 0 Å². The van der Waals surface area contributed by atoms with Crippen LogP contribution in [0.5, 0.6) is 0 Å². The fraction of sp³-hybridized carbons (Fsp3) is 0.500. The molecule has 0 atom stereocenters. The maximum Gasteiger partial charge on any atom is 0.223 e. The maximum atomic E-state index is 11.6. The molecule has 1 aromatic rings. The fourth-order valence-electron chi connectivity index (χ4n) is 1.63. The molecule has 0 saturated heterocycles. The van der Waals surface area contributed by atoms with Crippen LogP contribution in [0.4, 0.5) is 5.69 Å². The number of rotatable bonds is 6. The van der Waals surface area contributed by atoms with E-state index in [2.05, 4.69) is 22.5 Å². The number of allylic oxidation sites excluding steroid dienone is 1. The van der Waals surface area contributed by atoms with Crippen LogP contribution in [0.3, 0.4) is 0 Å². The van der Waals surface area contributed by atoms with E-state index in [9.17, 15) is 4.79 Å². The molecule has 2 nitrogen and oxygen atoms in total. The third-order valence-corrected chi connectivity index (χ3v) is 3.22. The second kappa shape index (κ2) is 15.3. The molecular formula is C18H30BrNO. The van der Waals surface area contributed by atoms with Gasteiger partial charge in [-0.1, -0.05) is 61.8 Å². The summed E-state index contributed by atoms with van der Waals surface area (Å²) in [6.45, 7) is 14.0. The molecule has 0 aliphatic carbocycles. The molecule has 0 radical (unpaired) electrons. The van der Waals surface area contributed by atoms with Gasteiger partial charge in [-0.2, -0.15) is 0 Å². The number of carbonyl (C=O) groups excluding carboxylic acids is 1. The Balaban J connectivity index is 0. The van der Waals surface area contributed by atoms with Crippen molar-refractivity contribution in [1.82, 2.24) is 0 Å². The maximum absolute atomic E-state index is 11.6. The number of nitrogens with zero attached hydrogens (tertiary/aromatic N) is 1. The lowest BCUT2D eigenvalue weighted by Crippen LogP contribution is -2.29. The van der Waals surface area contributed by atoms with Crippen molar-refractivity contribution in [1.29, 1.82) is 0 Å². The Kier molecular flexibility index (Phi) is 16.2. The van der Waals surface area contributed by atoms with Gasteiger partial charge in [-0.3, -0.25) is 4.79 Å². The van der Waals surface area contributed by atoms with Crippen LogP contribution in [0.25, 0.3) is 0 Å². The molecule has 0 aromatic heterocycles. The van der Waals surface area contributed by atoms with E-state index in [1.165, 1.54) is 5.56 Å². The second-order valence-electron chi connectivity index (χ2n) is 3.90. The number of carbonyl (C=O) groups is 1. The van der Waals surface area contributed by atoms with Gasteiger partial charge in [0.15, 0.2) is 0 Å². The SMILES string of the molecule is C=CCCCN(C(C)=O)c1ccc(CBr)cc1.CC.CC. The monoisotopic (exact) mass is 355 g/mol. The Morgan fingerprint density at radius 1 is 1.19 bits per heavy atom. The second-order valence-corrected chi connectivity index (χ2v) is 4.46. The van der Waals surface area contributed by atoms with Crippen molar-refractivity contribution >= 4 is 27.5 Å². The third kappa shape index (κ3) is 9.46. The highest BCUT2D eigenvalue weighted by atomic mass is 79.9. The lowest BCUT2D eigenvalue weighted by atomic mass is 10.2.